The second kappa shape index (κ2) is 5.33. The van der Waals surface area contributed by atoms with Gasteiger partial charge >= 0.3 is 5.97 Å². The van der Waals surface area contributed by atoms with E-state index in [1.165, 1.54) is 6.42 Å². The second-order valence-corrected chi connectivity index (χ2v) is 5.45. The summed E-state index contributed by atoms with van der Waals surface area (Å²) in [6, 6.07) is 0. The zero-order chi connectivity index (χ0) is 12.3. The van der Waals surface area contributed by atoms with Gasteiger partial charge < -0.3 is 20.8 Å². The van der Waals surface area contributed by atoms with Crippen molar-refractivity contribution in [1.82, 2.24) is 10.6 Å². The van der Waals surface area contributed by atoms with E-state index in [1.807, 2.05) is 0 Å². The molecule has 2 fully saturated rings. The van der Waals surface area contributed by atoms with Gasteiger partial charge in [-0.05, 0) is 18.8 Å². The molecule has 2 rings (SSSR count). The fraction of sp³-hybridized carbons (Fsp3) is 0.917. The van der Waals surface area contributed by atoms with Gasteiger partial charge in [-0.15, -0.1) is 0 Å². The molecular weight excluding hydrogens is 220 g/mol. The van der Waals surface area contributed by atoms with Gasteiger partial charge in [0.15, 0.2) is 0 Å². The standard InChI is InChI=1S/C12H22N2O3/c15-10-4-2-1-3-9(10)6-14-12(5-11(16)17)7-13-8-12/h9-10,13-15H,1-8H2,(H,16,17). The fourth-order valence-electron chi connectivity index (χ4n) is 2.80. The summed E-state index contributed by atoms with van der Waals surface area (Å²) < 4.78 is 0. The van der Waals surface area contributed by atoms with E-state index in [1.54, 1.807) is 0 Å². The van der Waals surface area contributed by atoms with Crippen LogP contribution in [0.25, 0.3) is 0 Å². The van der Waals surface area contributed by atoms with Gasteiger partial charge in [0.1, 0.15) is 0 Å². The largest absolute Gasteiger partial charge is 0.481 e. The Kier molecular flexibility index (Phi) is 4.01. The summed E-state index contributed by atoms with van der Waals surface area (Å²) in [6.45, 7) is 2.15. The fourth-order valence-corrected chi connectivity index (χ4v) is 2.80. The summed E-state index contributed by atoms with van der Waals surface area (Å²) in [5.74, 6) is -0.474. The molecule has 0 radical (unpaired) electrons. The number of rotatable bonds is 5. The van der Waals surface area contributed by atoms with Gasteiger partial charge in [-0.1, -0.05) is 12.8 Å². The van der Waals surface area contributed by atoms with Gasteiger partial charge in [0.25, 0.3) is 0 Å². The van der Waals surface area contributed by atoms with Crippen molar-refractivity contribution in [1.29, 1.82) is 0 Å². The molecule has 17 heavy (non-hydrogen) atoms. The lowest BCUT2D eigenvalue weighted by atomic mass is 9.84. The molecule has 1 saturated carbocycles. The predicted molar refractivity (Wildman–Crippen MR) is 63.8 cm³/mol. The summed E-state index contributed by atoms with van der Waals surface area (Å²) in [7, 11) is 0. The molecule has 1 aliphatic heterocycles. The molecule has 5 heteroatoms. The van der Waals surface area contributed by atoms with Crippen LogP contribution in [-0.2, 0) is 4.79 Å². The molecule has 98 valence electrons. The maximum atomic E-state index is 10.8. The van der Waals surface area contributed by atoms with Gasteiger partial charge in [-0.3, -0.25) is 4.79 Å². The lowest BCUT2D eigenvalue weighted by Crippen LogP contribution is -2.69. The third kappa shape index (κ3) is 3.18. The van der Waals surface area contributed by atoms with Crippen molar-refractivity contribution >= 4 is 5.97 Å². The van der Waals surface area contributed by atoms with Crippen molar-refractivity contribution in [3.8, 4) is 0 Å². The Hall–Kier alpha value is -0.650. The van der Waals surface area contributed by atoms with E-state index in [-0.39, 0.29) is 24.0 Å². The van der Waals surface area contributed by atoms with E-state index < -0.39 is 5.97 Å². The molecule has 1 heterocycles. The predicted octanol–water partition coefficient (Wildman–Crippen LogP) is -0.0562. The van der Waals surface area contributed by atoms with Crippen molar-refractivity contribution in [3.05, 3.63) is 0 Å². The van der Waals surface area contributed by atoms with E-state index >= 15 is 0 Å². The summed E-state index contributed by atoms with van der Waals surface area (Å²) in [6.07, 6.45) is 4.16. The van der Waals surface area contributed by atoms with Crippen LogP contribution in [0.5, 0.6) is 0 Å². The highest BCUT2D eigenvalue weighted by atomic mass is 16.4. The number of carboxylic acids is 1. The first-order valence-corrected chi connectivity index (χ1v) is 6.47. The van der Waals surface area contributed by atoms with Crippen LogP contribution in [0.3, 0.4) is 0 Å². The smallest absolute Gasteiger partial charge is 0.305 e. The molecule has 2 aliphatic rings. The highest BCUT2D eigenvalue weighted by Crippen LogP contribution is 2.25. The molecule has 1 saturated heterocycles. The van der Waals surface area contributed by atoms with Crippen LogP contribution in [0.1, 0.15) is 32.1 Å². The molecule has 2 unspecified atom stereocenters. The SMILES string of the molecule is O=C(O)CC1(NCC2CCCCC2O)CNC1. The zero-order valence-electron chi connectivity index (χ0n) is 10.1. The van der Waals surface area contributed by atoms with Crippen LogP contribution in [0.2, 0.25) is 0 Å². The first kappa shape index (κ1) is 12.8. The van der Waals surface area contributed by atoms with Gasteiger partial charge in [-0.25, -0.2) is 0 Å². The van der Waals surface area contributed by atoms with Gasteiger partial charge in [0, 0.05) is 19.6 Å². The van der Waals surface area contributed by atoms with Crippen molar-refractivity contribution in [2.75, 3.05) is 19.6 Å². The molecule has 0 aromatic carbocycles. The van der Waals surface area contributed by atoms with Crippen molar-refractivity contribution in [3.63, 3.8) is 0 Å². The Morgan fingerprint density at radius 3 is 2.59 bits per heavy atom. The Bertz CT molecular complexity index is 279. The molecule has 0 bridgehead atoms. The Balaban J connectivity index is 1.81. The van der Waals surface area contributed by atoms with E-state index in [9.17, 15) is 9.90 Å². The summed E-state index contributed by atoms with van der Waals surface area (Å²) in [4.78, 5) is 10.8. The van der Waals surface area contributed by atoms with Crippen LogP contribution in [-0.4, -0.2) is 47.5 Å². The van der Waals surface area contributed by atoms with Crippen molar-refractivity contribution in [2.45, 2.75) is 43.7 Å². The summed E-state index contributed by atoms with van der Waals surface area (Å²) in [5.41, 5.74) is -0.289. The lowest BCUT2D eigenvalue weighted by Gasteiger charge is -2.44. The quantitative estimate of drug-likeness (QED) is 0.543. The second-order valence-electron chi connectivity index (χ2n) is 5.45. The number of nitrogens with one attached hydrogen (secondary N) is 2. The number of carboxylic acid groups (broad SMARTS) is 1. The highest BCUT2D eigenvalue weighted by Gasteiger charge is 2.39. The summed E-state index contributed by atoms with van der Waals surface area (Å²) in [5, 5.41) is 25.2. The molecule has 0 aromatic rings. The topological polar surface area (TPSA) is 81.6 Å². The molecule has 2 atom stereocenters. The highest BCUT2D eigenvalue weighted by molar-refractivity contribution is 5.68. The monoisotopic (exact) mass is 242 g/mol. The minimum atomic E-state index is -0.761. The molecule has 0 aromatic heterocycles. The lowest BCUT2D eigenvalue weighted by molar-refractivity contribution is -0.139. The van der Waals surface area contributed by atoms with Crippen LogP contribution >= 0.6 is 0 Å². The first-order valence-electron chi connectivity index (χ1n) is 6.47. The van der Waals surface area contributed by atoms with Gasteiger partial charge in [0.2, 0.25) is 0 Å². The molecule has 4 N–H and O–H groups in total. The maximum absolute atomic E-state index is 10.8. The molecule has 5 nitrogen and oxygen atoms in total. The molecule has 0 spiro atoms. The minimum Gasteiger partial charge on any atom is -0.481 e. The van der Waals surface area contributed by atoms with E-state index in [4.69, 9.17) is 5.11 Å². The third-order valence-corrected chi connectivity index (χ3v) is 4.02. The number of aliphatic hydroxyl groups is 1. The molecule has 1 aliphatic carbocycles. The number of aliphatic hydroxyl groups excluding tert-OH is 1. The van der Waals surface area contributed by atoms with Crippen LogP contribution < -0.4 is 10.6 Å². The van der Waals surface area contributed by atoms with Crippen LogP contribution in [0, 0.1) is 5.92 Å². The zero-order valence-corrected chi connectivity index (χ0v) is 10.1. The number of carbonyl (C=O) groups is 1. The maximum Gasteiger partial charge on any atom is 0.305 e. The minimum absolute atomic E-state index is 0.156. The number of aliphatic carboxylic acids is 1. The van der Waals surface area contributed by atoms with E-state index in [2.05, 4.69) is 10.6 Å². The van der Waals surface area contributed by atoms with Crippen LogP contribution in [0.15, 0.2) is 0 Å². The van der Waals surface area contributed by atoms with E-state index in [0.717, 1.165) is 25.8 Å². The van der Waals surface area contributed by atoms with Crippen molar-refractivity contribution < 1.29 is 15.0 Å². The normalized spacial score (nSPS) is 31.8. The van der Waals surface area contributed by atoms with E-state index in [0.29, 0.717) is 13.1 Å². The van der Waals surface area contributed by atoms with Crippen molar-refractivity contribution in [2.24, 2.45) is 5.92 Å². The number of hydrogen-bond donors (Lipinski definition) is 4. The molecular formula is C12H22N2O3. The Morgan fingerprint density at radius 1 is 1.35 bits per heavy atom. The Labute approximate surface area is 102 Å². The van der Waals surface area contributed by atoms with Gasteiger partial charge in [0.05, 0.1) is 18.1 Å². The number of hydrogen-bond acceptors (Lipinski definition) is 4. The average Bonchev–Trinajstić information content (AvgIpc) is 2.23. The molecule has 0 amide bonds. The van der Waals surface area contributed by atoms with Gasteiger partial charge in [-0.2, -0.15) is 0 Å². The van der Waals surface area contributed by atoms with Crippen LogP contribution in [0.4, 0.5) is 0 Å². The summed E-state index contributed by atoms with van der Waals surface area (Å²) >= 11 is 0. The first-order chi connectivity index (χ1) is 8.11. The average molecular weight is 242 g/mol. The third-order valence-electron chi connectivity index (χ3n) is 4.02. The Morgan fingerprint density at radius 2 is 2.06 bits per heavy atom.